The second-order valence-electron chi connectivity index (χ2n) is 7.79. The number of hydrogen-bond acceptors (Lipinski definition) is 5. The van der Waals surface area contributed by atoms with Crippen LogP contribution in [0.2, 0.25) is 0 Å². The molecule has 1 aliphatic rings. The van der Waals surface area contributed by atoms with Crippen molar-refractivity contribution in [3.05, 3.63) is 65.7 Å². The molecule has 33 heavy (non-hydrogen) atoms. The molecular formula is C23H25FN4O4S. The Morgan fingerprint density at radius 1 is 1.12 bits per heavy atom. The monoisotopic (exact) mass is 472 g/mol. The number of rotatable bonds is 6. The molecule has 2 heterocycles. The normalized spacial score (nSPS) is 14.8. The van der Waals surface area contributed by atoms with Crippen LogP contribution in [0.25, 0.3) is 5.69 Å². The number of hydrogen-bond donors (Lipinski definition) is 1. The number of aromatic nitrogens is 2. The van der Waals surface area contributed by atoms with E-state index in [9.17, 15) is 17.6 Å². The van der Waals surface area contributed by atoms with Crippen LogP contribution in [0.5, 0.6) is 5.75 Å². The van der Waals surface area contributed by atoms with Crippen LogP contribution in [0.15, 0.2) is 53.6 Å². The lowest BCUT2D eigenvalue weighted by Crippen LogP contribution is -2.35. The van der Waals surface area contributed by atoms with E-state index in [1.165, 1.54) is 40.5 Å². The predicted octanol–water partition coefficient (Wildman–Crippen LogP) is 3.76. The first-order chi connectivity index (χ1) is 15.8. The Morgan fingerprint density at radius 2 is 1.85 bits per heavy atom. The highest BCUT2D eigenvalue weighted by Crippen LogP contribution is 2.31. The van der Waals surface area contributed by atoms with Crippen LogP contribution >= 0.6 is 0 Å². The number of para-hydroxylation sites is 1. The Bertz CT molecular complexity index is 1280. The van der Waals surface area contributed by atoms with Gasteiger partial charge in [-0.1, -0.05) is 18.6 Å². The van der Waals surface area contributed by atoms with E-state index in [0.717, 1.165) is 19.3 Å². The van der Waals surface area contributed by atoms with Crippen molar-refractivity contribution < 1.29 is 22.3 Å². The highest BCUT2D eigenvalue weighted by atomic mass is 32.2. The summed E-state index contributed by atoms with van der Waals surface area (Å²) in [6, 6.07) is 10.6. The largest absolute Gasteiger partial charge is 0.495 e. The fourth-order valence-corrected chi connectivity index (χ4v) is 5.60. The molecule has 0 unspecified atom stereocenters. The van der Waals surface area contributed by atoms with Gasteiger partial charge in [-0.05, 0) is 50.1 Å². The molecule has 10 heteroatoms. The van der Waals surface area contributed by atoms with E-state index in [-0.39, 0.29) is 21.9 Å². The molecule has 4 rings (SSSR count). The summed E-state index contributed by atoms with van der Waals surface area (Å²) >= 11 is 0. The van der Waals surface area contributed by atoms with Crippen molar-refractivity contribution in [3.63, 3.8) is 0 Å². The van der Waals surface area contributed by atoms with E-state index >= 15 is 0 Å². The maximum Gasteiger partial charge on any atom is 0.259 e. The summed E-state index contributed by atoms with van der Waals surface area (Å²) in [4.78, 5) is 12.9. The van der Waals surface area contributed by atoms with Gasteiger partial charge in [-0.15, -0.1) is 0 Å². The van der Waals surface area contributed by atoms with Gasteiger partial charge in [0.2, 0.25) is 10.0 Å². The lowest BCUT2D eigenvalue weighted by Gasteiger charge is -2.26. The Hall–Kier alpha value is -3.24. The van der Waals surface area contributed by atoms with Crippen molar-refractivity contribution in [2.45, 2.75) is 31.1 Å². The maximum absolute atomic E-state index is 14.2. The minimum Gasteiger partial charge on any atom is -0.495 e. The number of ether oxygens (including phenoxy) is 1. The van der Waals surface area contributed by atoms with Crippen LogP contribution in [0, 0.1) is 12.7 Å². The van der Waals surface area contributed by atoms with Crippen LogP contribution in [0.3, 0.4) is 0 Å². The van der Waals surface area contributed by atoms with Crippen molar-refractivity contribution in [2.24, 2.45) is 0 Å². The van der Waals surface area contributed by atoms with Crippen LogP contribution in [-0.4, -0.2) is 48.6 Å². The fraction of sp³-hybridized carbons (Fsp3) is 0.304. The molecule has 1 saturated heterocycles. The molecule has 1 fully saturated rings. The summed E-state index contributed by atoms with van der Waals surface area (Å²) in [5.74, 6) is -0.734. The molecule has 1 amide bonds. The number of carbonyl (C=O) groups excluding carboxylic acids is 1. The molecule has 0 radical (unpaired) electrons. The van der Waals surface area contributed by atoms with E-state index < -0.39 is 21.7 Å². The number of methoxy groups -OCH3 is 1. The van der Waals surface area contributed by atoms with Crippen molar-refractivity contribution in [1.29, 1.82) is 0 Å². The van der Waals surface area contributed by atoms with Crippen molar-refractivity contribution >= 4 is 21.6 Å². The van der Waals surface area contributed by atoms with Crippen LogP contribution < -0.4 is 10.1 Å². The maximum atomic E-state index is 14.2. The summed E-state index contributed by atoms with van der Waals surface area (Å²) in [5.41, 5.74) is 1.23. The van der Waals surface area contributed by atoms with Crippen LogP contribution in [0.1, 0.15) is 35.3 Å². The zero-order chi connectivity index (χ0) is 23.6. The standard InChI is InChI=1S/C23H25FN4O4S/c1-16-18(15-25-28(16)20-9-5-4-8-19(20)24)23(29)26-17-10-11-21(32-2)22(14-17)33(30,31)27-12-6-3-7-13-27/h4-5,8-11,14-15H,3,6-7,12-13H2,1-2H3,(H,26,29). The molecule has 0 aliphatic carbocycles. The number of amides is 1. The first-order valence-corrected chi connectivity index (χ1v) is 12.1. The third-order valence-electron chi connectivity index (χ3n) is 5.69. The van der Waals surface area contributed by atoms with E-state index in [1.807, 2.05) is 0 Å². The summed E-state index contributed by atoms with van der Waals surface area (Å²) < 4.78 is 48.7. The van der Waals surface area contributed by atoms with Crippen molar-refractivity contribution in [1.82, 2.24) is 14.1 Å². The number of benzene rings is 2. The molecule has 3 aromatic rings. The smallest absolute Gasteiger partial charge is 0.259 e. The predicted molar refractivity (Wildman–Crippen MR) is 122 cm³/mol. The van der Waals surface area contributed by atoms with E-state index in [4.69, 9.17) is 4.74 Å². The summed E-state index contributed by atoms with van der Waals surface area (Å²) in [6.45, 7) is 2.57. The molecule has 0 atom stereocenters. The highest BCUT2D eigenvalue weighted by molar-refractivity contribution is 7.89. The zero-order valence-electron chi connectivity index (χ0n) is 18.4. The zero-order valence-corrected chi connectivity index (χ0v) is 19.2. The average molecular weight is 473 g/mol. The molecule has 2 aromatic carbocycles. The third-order valence-corrected chi connectivity index (χ3v) is 7.61. The van der Waals surface area contributed by atoms with Gasteiger partial charge in [-0.3, -0.25) is 4.79 Å². The second kappa shape index (κ2) is 9.32. The lowest BCUT2D eigenvalue weighted by atomic mass is 10.2. The van der Waals surface area contributed by atoms with E-state index in [0.29, 0.717) is 24.5 Å². The molecular weight excluding hydrogens is 447 g/mol. The summed E-state index contributed by atoms with van der Waals surface area (Å²) in [6.07, 6.45) is 3.97. The van der Waals surface area contributed by atoms with Gasteiger partial charge < -0.3 is 10.1 Å². The van der Waals surface area contributed by atoms with Gasteiger partial charge in [0.05, 0.1) is 24.6 Å². The van der Waals surface area contributed by atoms with Gasteiger partial charge in [0.1, 0.15) is 22.1 Å². The van der Waals surface area contributed by atoms with Gasteiger partial charge in [0.15, 0.2) is 0 Å². The fourth-order valence-electron chi connectivity index (χ4n) is 3.90. The van der Waals surface area contributed by atoms with Gasteiger partial charge in [0, 0.05) is 18.8 Å². The molecule has 0 spiro atoms. The number of nitrogens with zero attached hydrogens (tertiary/aromatic N) is 3. The number of halogens is 1. The van der Waals surface area contributed by atoms with Crippen molar-refractivity contribution in [2.75, 3.05) is 25.5 Å². The number of nitrogens with one attached hydrogen (secondary N) is 1. The molecule has 1 N–H and O–H groups in total. The number of carbonyl (C=O) groups is 1. The van der Waals surface area contributed by atoms with Gasteiger partial charge in [-0.2, -0.15) is 9.40 Å². The first kappa shape index (κ1) is 22.9. The Balaban J connectivity index is 1.62. The minimum atomic E-state index is -3.77. The Labute approximate surface area is 192 Å². The molecule has 1 aromatic heterocycles. The quantitative estimate of drug-likeness (QED) is 0.590. The molecule has 0 saturated carbocycles. The summed E-state index contributed by atoms with van der Waals surface area (Å²) in [7, 11) is -2.37. The highest BCUT2D eigenvalue weighted by Gasteiger charge is 2.29. The SMILES string of the molecule is COc1ccc(NC(=O)c2cnn(-c3ccccc3F)c2C)cc1S(=O)(=O)N1CCCCC1. The minimum absolute atomic E-state index is 0.00322. The average Bonchev–Trinajstić information content (AvgIpc) is 3.21. The molecule has 1 aliphatic heterocycles. The van der Waals surface area contributed by atoms with Gasteiger partial charge in [-0.25, -0.2) is 17.5 Å². The van der Waals surface area contributed by atoms with Crippen molar-refractivity contribution in [3.8, 4) is 11.4 Å². The first-order valence-electron chi connectivity index (χ1n) is 10.6. The number of piperidine rings is 1. The number of sulfonamides is 1. The third kappa shape index (κ3) is 4.49. The van der Waals surface area contributed by atoms with Crippen LogP contribution in [-0.2, 0) is 10.0 Å². The topological polar surface area (TPSA) is 93.5 Å². The van der Waals surface area contributed by atoms with Crippen LogP contribution in [0.4, 0.5) is 10.1 Å². The second-order valence-corrected chi connectivity index (χ2v) is 9.70. The molecule has 8 nitrogen and oxygen atoms in total. The molecule has 174 valence electrons. The Morgan fingerprint density at radius 3 is 2.55 bits per heavy atom. The van der Waals surface area contributed by atoms with E-state index in [2.05, 4.69) is 10.4 Å². The van der Waals surface area contributed by atoms with Gasteiger partial charge >= 0.3 is 0 Å². The molecule has 0 bridgehead atoms. The summed E-state index contributed by atoms with van der Waals surface area (Å²) in [5, 5.41) is 6.87. The Kier molecular flexibility index (Phi) is 6.48. The van der Waals surface area contributed by atoms with E-state index in [1.54, 1.807) is 31.2 Å². The van der Waals surface area contributed by atoms with Gasteiger partial charge in [0.25, 0.3) is 5.91 Å². The number of anilines is 1. The lowest BCUT2D eigenvalue weighted by molar-refractivity contribution is 0.102.